The number of hydrogen-bond donors (Lipinski definition) is 0. The average Bonchev–Trinajstić information content (AvgIpc) is 2.73. The third-order valence-corrected chi connectivity index (χ3v) is 1.76. The summed E-state index contributed by atoms with van der Waals surface area (Å²) in [7, 11) is 0. The highest BCUT2D eigenvalue weighted by Crippen LogP contribution is 2.28. The smallest absolute Gasteiger partial charge is 0.281 e. The van der Waals surface area contributed by atoms with E-state index in [0.29, 0.717) is 17.3 Å². The van der Waals surface area contributed by atoms with Crippen molar-refractivity contribution in [2.24, 2.45) is 0 Å². The topological polar surface area (TPSA) is 77.8 Å². The largest absolute Gasteiger partial charge is 0.332 e. The maximum Gasteiger partial charge on any atom is 0.281 e. The highest BCUT2D eigenvalue weighted by molar-refractivity contribution is 5.50. The van der Waals surface area contributed by atoms with Crippen molar-refractivity contribution in [3.8, 4) is 11.6 Å². The lowest BCUT2D eigenvalue weighted by Crippen LogP contribution is -2.13. The summed E-state index contributed by atoms with van der Waals surface area (Å²) in [6.45, 7) is 6.02. The van der Waals surface area contributed by atoms with Gasteiger partial charge in [0.15, 0.2) is 12.0 Å². The van der Waals surface area contributed by atoms with Crippen LogP contribution < -0.4 is 0 Å². The van der Waals surface area contributed by atoms with E-state index < -0.39 is 0 Å². The molecule has 0 aliphatic rings. The molecule has 0 atom stereocenters. The van der Waals surface area contributed by atoms with Crippen molar-refractivity contribution >= 4 is 0 Å². The van der Waals surface area contributed by atoms with Gasteiger partial charge in [0.2, 0.25) is 0 Å². The average molecular weight is 194 g/mol. The van der Waals surface area contributed by atoms with Gasteiger partial charge in [-0.2, -0.15) is 4.98 Å². The minimum Gasteiger partial charge on any atom is -0.332 e. The van der Waals surface area contributed by atoms with E-state index >= 15 is 0 Å². The molecule has 0 fully saturated rings. The zero-order chi connectivity index (χ0) is 10.2. The molecule has 0 radical (unpaired) electrons. The van der Waals surface area contributed by atoms with Crippen molar-refractivity contribution in [3.63, 3.8) is 0 Å². The van der Waals surface area contributed by atoms with Gasteiger partial charge in [0.25, 0.3) is 5.89 Å². The van der Waals surface area contributed by atoms with E-state index in [2.05, 4.69) is 25.1 Å². The standard InChI is InChI=1S/C8H10N4O2/c1-8(2,3)6-5(11-14-12-6)7-9-4-10-13-7/h4H,1-3H3. The van der Waals surface area contributed by atoms with Crippen LogP contribution in [0.2, 0.25) is 0 Å². The van der Waals surface area contributed by atoms with Crippen LogP contribution in [0.1, 0.15) is 26.5 Å². The molecule has 0 amide bonds. The molecule has 0 spiro atoms. The summed E-state index contributed by atoms with van der Waals surface area (Å²) >= 11 is 0. The van der Waals surface area contributed by atoms with E-state index in [9.17, 15) is 0 Å². The first-order valence-electron chi connectivity index (χ1n) is 4.19. The summed E-state index contributed by atoms with van der Waals surface area (Å²) in [5.74, 6) is 0.330. The minimum absolute atomic E-state index is 0.163. The van der Waals surface area contributed by atoms with Crippen LogP contribution in [0.5, 0.6) is 0 Å². The van der Waals surface area contributed by atoms with Gasteiger partial charge in [-0.15, -0.1) is 0 Å². The van der Waals surface area contributed by atoms with Gasteiger partial charge in [-0.1, -0.05) is 31.1 Å². The molecule has 0 bridgehead atoms. The molecule has 2 rings (SSSR count). The Morgan fingerprint density at radius 2 is 2.00 bits per heavy atom. The molecular formula is C8H10N4O2. The second-order valence-corrected chi connectivity index (χ2v) is 3.96. The van der Waals surface area contributed by atoms with Gasteiger partial charge >= 0.3 is 0 Å². The molecule has 6 heteroatoms. The van der Waals surface area contributed by atoms with Gasteiger partial charge in [0.1, 0.15) is 5.69 Å². The van der Waals surface area contributed by atoms with Crippen LogP contribution in [0.3, 0.4) is 0 Å². The Bertz CT molecular complexity index is 413. The first-order chi connectivity index (χ1) is 6.59. The lowest BCUT2D eigenvalue weighted by molar-refractivity contribution is 0.297. The van der Waals surface area contributed by atoms with E-state index in [4.69, 9.17) is 4.52 Å². The van der Waals surface area contributed by atoms with Gasteiger partial charge in [-0.05, 0) is 5.16 Å². The third-order valence-electron chi connectivity index (χ3n) is 1.76. The molecule has 0 N–H and O–H groups in total. The molecule has 0 saturated carbocycles. The van der Waals surface area contributed by atoms with Crippen molar-refractivity contribution in [1.82, 2.24) is 20.5 Å². The zero-order valence-corrected chi connectivity index (χ0v) is 8.18. The highest BCUT2D eigenvalue weighted by Gasteiger charge is 2.27. The van der Waals surface area contributed by atoms with E-state index in [0.717, 1.165) is 0 Å². The molecular weight excluding hydrogens is 184 g/mol. The van der Waals surface area contributed by atoms with Crippen LogP contribution in [0, 0.1) is 0 Å². The van der Waals surface area contributed by atoms with Crippen molar-refractivity contribution < 1.29 is 9.15 Å². The quantitative estimate of drug-likeness (QED) is 0.683. The molecule has 2 heterocycles. The normalized spacial score (nSPS) is 11.9. The lowest BCUT2D eigenvalue weighted by Gasteiger charge is -2.13. The predicted molar refractivity (Wildman–Crippen MR) is 46.3 cm³/mol. The van der Waals surface area contributed by atoms with Crippen molar-refractivity contribution in [2.75, 3.05) is 0 Å². The summed E-state index contributed by atoms with van der Waals surface area (Å²) in [5, 5.41) is 11.1. The molecule has 2 aromatic rings. The predicted octanol–water partition coefficient (Wildman–Crippen LogP) is 1.42. The Kier molecular flexibility index (Phi) is 1.83. The van der Waals surface area contributed by atoms with E-state index in [1.54, 1.807) is 0 Å². The minimum atomic E-state index is -0.163. The fourth-order valence-electron chi connectivity index (χ4n) is 1.10. The number of hydrogen-bond acceptors (Lipinski definition) is 6. The van der Waals surface area contributed by atoms with Crippen molar-refractivity contribution in [1.29, 1.82) is 0 Å². The SMILES string of the molecule is CC(C)(C)c1nonc1-c1ncno1. The van der Waals surface area contributed by atoms with Gasteiger partial charge in [-0.25, -0.2) is 4.63 Å². The van der Waals surface area contributed by atoms with Crippen molar-refractivity contribution in [3.05, 3.63) is 12.0 Å². The summed E-state index contributed by atoms with van der Waals surface area (Å²) in [4.78, 5) is 3.89. The van der Waals surface area contributed by atoms with Gasteiger partial charge in [0, 0.05) is 5.41 Å². The molecule has 14 heavy (non-hydrogen) atoms. The van der Waals surface area contributed by atoms with Crippen LogP contribution in [-0.2, 0) is 5.41 Å². The Morgan fingerprint density at radius 3 is 2.57 bits per heavy atom. The van der Waals surface area contributed by atoms with E-state index in [1.807, 2.05) is 20.8 Å². The summed E-state index contributed by atoms with van der Waals surface area (Å²) in [5.41, 5.74) is 1.06. The molecule has 2 aromatic heterocycles. The maximum atomic E-state index is 4.89. The lowest BCUT2D eigenvalue weighted by atomic mass is 9.91. The first kappa shape index (κ1) is 8.86. The molecule has 0 aromatic carbocycles. The second kappa shape index (κ2) is 2.90. The Morgan fingerprint density at radius 1 is 1.21 bits per heavy atom. The van der Waals surface area contributed by atoms with E-state index in [-0.39, 0.29) is 5.41 Å². The highest BCUT2D eigenvalue weighted by atomic mass is 16.6. The summed E-state index contributed by atoms with van der Waals surface area (Å²) in [6.07, 6.45) is 1.32. The number of aromatic nitrogens is 4. The monoisotopic (exact) mass is 194 g/mol. The molecule has 74 valence electrons. The molecule has 0 aliphatic carbocycles. The molecule has 0 aliphatic heterocycles. The third kappa shape index (κ3) is 1.39. The molecule has 0 saturated heterocycles. The van der Waals surface area contributed by atoms with Crippen LogP contribution in [-0.4, -0.2) is 20.5 Å². The summed E-state index contributed by atoms with van der Waals surface area (Å²) < 4.78 is 9.56. The molecule has 0 unspecified atom stereocenters. The molecule has 6 nitrogen and oxygen atoms in total. The van der Waals surface area contributed by atoms with Crippen LogP contribution >= 0.6 is 0 Å². The fourth-order valence-corrected chi connectivity index (χ4v) is 1.10. The van der Waals surface area contributed by atoms with E-state index in [1.165, 1.54) is 6.33 Å². The van der Waals surface area contributed by atoms with Crippen LogP contribution in [0.4, 0.5) is 0 Å². The van der Waals surface area contributed by atoms with Gasteiger partial charge in [0.05, 0.1) is 0 Å². The summed E-state index contributed by atoms with van der Waals surface area (Å²) in [6, 6.07) is 0. The van der Waals surface area contributed by atoms with Crippen LogP contribution in [0.25, 0.3) is 11.6 Å². The number of rotatable bonds is 1. The Labute approximate surface area is 80.3 Å². The van der Waals surface area contributed by atoms with Crippen LogP contribution in [0.15, 0.2) is 15.5 Å². The Hall–Kier alpha value is -1.72. The van der Waals surface area contributed by atoms with Crippen molar-refractivity contribution in [2.45, 2.75) is 26.2 Å². The maximum absolute atomic E-state index is 4.89. The van der Waals surface area contributed by atoms with Gasteiger partial charge < -0.3 is 4.52 Å². The zero-order valence-electron chi connectivity index (χ0n) is 8.18. The number of nitrogens with zero attached hydrogens (tertiary/aromatic N) is 4. The first-order valence-corrected chi connectivity index (χ1v) is 4.19. The van der Waals surface area contributed by atoms with Gasteiger partial charge in [-0.3, -0.25) is 0 Å². The Balaban J connectivity index is 2.51. The second-order valence-electron chi connectivity index (χ2n) is 3.96. The fraction of sp³-hybridized carbons (Fsp3) is 0.500.